The third-order valence-electron chi connectivity index (χ3n) is 4.47. The number of allylic oxidation sites excluding steroid dienone is 1. The first-order valence-corrected chi connectivity index (χ1v) is 9.87. The van der Waals surface area contributed by atoms with Crippen molar-refractivity contribution in [2.75, 3.05) is 7.11 Å². The molecule has 5 nitrogen and oxygen atoms in total. The minimum atomic E-state index is -1.12. The Morgan fingerprint density at radius 3 is 2.54 bits per heavy atom. The van der Waals surface area contributed by atoms with E-state index in [1.807, 2.05) is 36.4 Å². The number of methoxy groups -OCH3 is 1. The Morgan fingerprint density at radius 2 is 1.89 bits per heavy atom. The lowest BCUT2D eigenvalue weighted by Gasteiger charge is -2.31. The smallest absolute Gasteiger partial charge is 0.319 e. The van der Waals surface area contributed by atoms with E-state index in [4.69, 9.17) is 16.3 Å². The zero-order chi connectivity index (χ0) is 20.1. The second kappa shape index (κ2) is 8.96. The summed E-state index contributed by atoms with van der Waals surface area (Å²) in [5, 5.41) is 13.6. The third-order valence-corrected chi connectivity index (χ3v) is 5.91. The van der Waals surface area contributed by atoms with Gasteiger partial charge in [-0.1, -0.05) is 60.1 Å². The number of nitriles is 1. The van der Waals surface area contributed by atoms with Gasteiger partial charge in [-0.2, -0.15) is 5.26 Å². The number of ether oxygens (including phenoxy) is 1. The predicted octanol–water partition coefficient (Wildman–Crippen LogP) is 4.01. The van der Waals surface area contributed by atoms with Crippen LogP contribution in [-0.2, 0) is 20.1 Å². The van der Waals surface area contributed by atoms with E-state index in [2.05, 4.69) is 11.4 Å². The SMILES string of the molecule is COC(=O)[C@H]1C(=O)NC(SCc2ccccc2Cl)=C(C#N)[C@H]1c1ccccc1. The number of nitrogens with zero attached hydrogens (tertiary/aromatic N) is 1. The van der Waals surface area contributed by atoms with Gasteiger partial charge in [0.1, 0.15) is 5.92 Å². The minimum absolute atomic E-state index is 0.332. The first-order valence-electron chi connectivity index (χ1n) is 8.51. The van der Waals surface area contributed by atoms with Gasteiger partial charge in [0.05, 0.1) is 23.8 Å². The first kappa shape index (κ1) is 20.0. The molecule has 7 heteroatoms. The molecule has 2 aromatic rings. The van der Waals surface area contributed by atoms with Crippen molar-refractivity contribution in [1.29, 1.82) is 5.26 Å². The highest BCUT2D eigenvalue weighted by Gasteiger charge is 2.44. The molecule has 3 rings (SSSR count). The Morgan fingerprint density at radius 1 is 1.21 bits per heavy atom. The van der Waals surface area contributed by atoms with Crippen molar-refractivity contribution in [3.8, 4) is 6.07 Å². The number of carbonyl (C=O) groups excluding carboxylic acids is 2. The Bertz CT molecular complexity index is 969. The topological polar surface area (TPSA) is 79.2 Å². The van der Waals surface area contributed by atoms with E-state index in [-0.39, 0.29) is 0 Å². The molecule has 0 aromatic heterocycles. The summed E-state index contributed by atoms with van der Waals surface area (Å²) in [6, 6.07) is 18.6. The quantitative estimate of drug-likeness (QED) is 0.592. The zero-order valence-electron chi connectivity index (χ0n) is 15.0. The molecular formula is C21H17ClN2O3S. The van der Waals surface area contributed by atoms with Gasteiger partial charge < -0.3 is 10.1 Å². The van der Waals surface area contributed by atoms with Crippen molar-refractivity contribution in [2.45, 2.75) is 11.7 Å². The molecule has 2 atom stereocenters. The van der Waals surface area contributed by atoms with Gasteiger partial charge in [-0.25, -0.2) is 0 Å². The van der Waals surface area contributed by atoms with Crippen LogP contribution in [0.25, 0.3) is 0 Å². The van der Waals surface area contributed by atoms with Gasteiger partial charge in [-0.05, 0) is 17.2 Å². The monoisotopic (exact) mass is 412 g/mol. The van der Waals surface area contributed by atoms with E-state index in [9.17, 15) is 14.9 Å². The highest BCUT2D eigenvalue weighted by Crippen LogP contribution is 2.41. The summed E-state index contributed by atoms with van der Waals surface area (Å²) in [4.78, 5) is 25.0. The van der Waals surface area contributed by atoms with Crippen LogP contribution in [0, 0.1) is 17.2 Å². The number of esters is 1. The molecule has 0 saturated heterocycles. The zero-order valence-corrected chi connectivity index (χ0v) is 16.6. The lowest BCUT2D eigenvalue weighted by molar-refractivity contribution is -0.150. The van der Waals surface area contributed by atoms with Crippen LogP contribution in [0.2, 0.25) is 5.02 Å². The molecule has 0 fully saturated rings. The molecule has 0 unspecified atom stereocenters. The summed E-state index contributed by atoms with van der Waals surface area (Å²) in [7, 11) is 1.23. The molecule has 0 radical (unpaired) electrons. The highest BCUT2D eigenvalue weighted by atomic mass is 35.5. The van der Waals surface area contributed by atoms with Crippen LogP contribution in [0.4, 0.5) is 0 Å². The van der Waals surface area contributed by atoms with Gasteiger partial charge in [0, 0.05) is 16.7 Å². The maximum atomic E-state index is 12.7. The van der Waals surface area contributed by atoms with Crippen LogP contribution in [0.15, 0.2) is 65.2 Å². The molecule has 1 heterocycles. The standard InChI is InChI=1S/C21H17ClN2O3S/c1-27-21(26)18-17(13-7-3-2-4-8-13)15(11-23)20(24-19(18)25)28-12-14-9-5-6-10-16(14)22/h2-10,17-18H,12H2,1H3,(H,24,25)/t17-,18-/m1/s1. The summed E-state index contributed by atoms with van der Waals surface area (Å²) in [6.07, 6.45) is 0. The van der Waals surface area contributed by atoms with E-state index in [1.165, 1.54) is 18.9 Å². The molecule has 2 aromatic carbocycles. The molecule has 1 aliphatic heterocycles. The predicted molar refractivity (Wildman–Crippen MR) is 108 cm³/mol. The molecule has 0 saturated carbocycles. The van der Waals surface area contributed by atoms with Crippen LogP contribution < -0.4 is 5.32 Å². The molecule has 28 heavy (non-hydrogen) atoms. The van der Waals surface area contributed by atoms with Crippen molar-refractivity contribution in [1.82, 2.24) is 5.32 Å². The highest BCUT2D eigenvalue weighted by molar-refractivity contribution is 8.02. The fourth-order valence-electron chi connectivity index (χ4n) is 3.11. The van der Waals surface area contributed by atoms with Gasteiger partial charge in [0.15, 0.2) is 0 Å². The Labute approximate surface area is 172 Å². The minimum Gasteiger partial charge on any atom is -0.468 e. The molecule has 1 N–H and O–H groups in total. The van der Waals surface area contributed by atoms with Gasteiger partial charge in [-0.3, -0.25) is 9.59 Å². The number of hydrogen-bond donors (Lipinski definition) is 1. The number of carbonyl (C=O) groups is 2. The summed E-state index contributed by atoms with van der Waals surface area (Å²) in [5.41, 5.74) is 1.93. The second-order valence-corrected chi connectivity index (χ2v) is 7.51. The van der Waals surface area contributed by atoms with Gasteiger partial charge >= 0.3 is 5.97 Å². The first-order chi connectivity index (χ1) is 13.6. The number of thioether (sulfide) groups is 1. The maximum absolute atomic E-state index is 12.7. The van der Waals surface area contributed by atoms with Gasteiger partial charge in [-0.15, -0.1) is 11.8 Å². The van der Waals surface area contributed by atoms with E-state index >= 15 is 0 Å². The number of nitrogens with one attached hydrogen (secondary N) is 1. The molecule has 142 valence electrons. The lowest BCUT2D eigenvalue weighted by atomic mass is 9.78. The summed E-state index contributed by atoms with van der Waals surface area (Å²) in [5.74, 6) is -2.51. The summed E-state index contributed by atoms with van der Waals surface area (Å²) in [6.45, 7) is 0. The molecule has 1 amide bonds. The van der Waals surface area contributed by atoms with Crippen LogP contribution in [0.1, 0.15) is 17.0 Å². The van der Waals surface area contributed by atoms with Crippen LogP contribution in [-0.4, -0.2) is 19.0 Å². The van der Waals surface area contributed by atoms with E-state index < -0.39 is 23.7 Å². The average molecular weight is 413 g/mol. The van der Waals surface area contributed by atoms with Crippen molar-refractivity contribution < 1.29 is 14.3 Å². The Balaban J connectivity index is 2.01. The number of rotatable bonds is 5. The van der Waals surface area contributed by atoms with Crippen molar-refractivity contribution in [2.24, 2.45) is 5.92 Å². The molecule has 1 aliphatic rings. The summed E-state index contributed by atoms with van der Waals surface area (Å²) >= 11 is 7.52. The van der Waals surface area contributed by atoms with E-state index in [0.717, 1.165) is 5.56 Å². The molecule has 0 spiro atoms. The van der Waals surface area contributed by atoms with Crippen molar-refractivity contribution >= 4 is 35.2 Å². The van der Waals surface area contributed by atoms with E-state index in [0.29, 0.717) is 26.9 Å². The van der Waals surface area contributed by atoms with Crippen LogP contribution >= 0.6 is 23.4 Å². The van der Waals surface area contributed by atoms with Crippen molar-refractivity contribution in [3.63, 3.8) is 0 Å². The van der Waals surface area contributed by atoms with Gasteiger partial charge in [0.2, 0.25) is 5.91 Å². The average Bonchev–Trinajstić information content (AvgIpc) is 2.72. The molecule has 0 aliphatic carbocycles. The second-order valence-electron chi connectivity index (χ2n) is 6.11. The maximum Gasteiger partial charge on any atom is 0.319 e. The van der Waals surface area contributed by atoms with Crippen LogP contribution in [0.3, 0.4) is 0 Å². The fraction of sp³-hybridized carbons (Fsp3) is 0.190. The van der Waals surface area contributed by atoms with Crippen molar-refractivity contribution in [3.05, 3.63) is 81.3 Å². The number of hydrogen-bond acceptors (Lipinski definition) is 5. The number of halogens is 1. The van der Waals surface area contributed by atoms with E-state index in [1.54, 1.807) is 18.2 Å². The number of amides is 1. The largest absolute Gasteiger partial charge is 0.468 e. The Hall–Kier alpha value is -2.75. The van der Waals surface area contributed by atoms with Crippen LogP contribution in [0.5, 0.6) is 0 Å². The Kier molecular flexibility index (Phi) is 6.40. The normalized spacial score (nSPS) is 19.0. The summed E-state index contributed by atoms with van der Waals surface area (Å²) < 4.78 is 4.83. The number of benzene rings is 2. The molecule has 0 bridgehead atoms. The fourth-order valence-corrected chi connectivity index (χ4v) is 4.44. The lowest BCUT2D eigenvalue weighted by Crippen LogP contribution is -2.44. The van der Waals surface area contributed by atoms with Gasteiger partial charge in [0.25, 0.3) is 0 Å². The third kappa shape index (κ3) is 4.06. The molecular weight excluding hydrogens is 396 g/mol.